The van der Waals surface area contributed by atoms with Gasteiger partial charge in [0.25, 0.3) is 0 Å². The van der Waals surface area contributed by atoms with E-state index in [1.165, 1.54) is 25.9 Å². The molecule has 1 saturated heterocycles. The van der Waals surface area contributed by atoms with E-state index in [2.05, 4.69) is 11.7 Å². The second-order valence-electron chi connectivity index (χ2n) is 1.62. The number of piperidine rings is 1. The molecule has 7 heavy (non-hydrogen) atoms. The molecule has 1 nitrogen and oxygen atoms in total. The number of hydrogen-bond acceptors (Lipinski definition) is 1. The molecular weight excluding hydrogens is 258 g/mol. The van der Waals surface area contributed by atoms with Crippen LogP contribution in [0.15, 0.2) is 0 Å². The minimum Gasteiger partial charge on any atom is -0.326 e. The zero-order chi connectivity index (χ0) is 4.24. The second-order valence-corrected chi connectivity index (χ2v) is 1.62. The topological polar surface area (TPSA) is 12.0 Å². The standard InChI is InChI=1S/C5H10N.W/c1-2-4-6-5-3-1;/h1,6H,2-5H2;/q-1;. The Morgan fingerprint density at radius 1 is 1.14 bits per heavy atom. The molecule has 1 N–H and O–H groups in total. The van der Waals surface area contributed by atoms with Gasteiger partial charge in [-0.05, 0) is 13.1 Å². The molecule has 0 radical (unpaired) electrons. The van der Waals surface area contributed by atoms with E-state index in [9.17, 15) is 0 Å². The second kappa shape index (κ2) is 4.80. The van der Waals surface area contributed by atoms with Gasteiger partial charge in [-0.1, -0.05) is 0 Å². The van der Waals surface area contributed by atoms with Crippen LogP contribution < -0.4 is 5.32 Å². The van der Waals surface area contributed by atoms with Crippen LogP contribution in [-0.2, 0) is 21.1 Å². The van der Waals surface area contributed by atoms with Gasteiger partial charge in [0.2, 0.25) is 0 Å². The first-order valence-electron chi connectivity index (χ1n) is 2.52. The van der Waals surface area contributed by atoms with Crippen molar-refractivity contribution in [2.75, 3.05) is 13.1 Å². The summed E-state index contributed by atoms with van der Waals surface area (Å²) in [4.78, 5) is 0. The summed E-state index contributed by atoms with van der Waals surface area (Å²) in [7, 11) is 0. The fraction of sp³-hybridized carbons (Fsp3) is 0.800. The quantitative estimate of drug-likeness (QED) is 0.633. The van der Waals surface area contributed by atoms with Gasteiger partial charge in [0.1, 0.15) is 0 Å². The summed E-state index contributed by atoms with van der Waals surface area (Å²) in [6, 6.07) is 0. The summed E-state index contributed by atoms with van der Waals surface area (Å²) in [6.45, 7) is 2.39. The third kappa shape index (κ3) is 3.25. The van der Waals surface area contributed by atoms with Crippen LogP contribution in [0.5, 0.6) is 0 Å². The molecule has 1 fully saturated rings. The van der Waals surface area contributed by atoms with E-state index >= 15 is 0 Å². The van der Waals surface area contributed by atoms with Crippen molar-refractivity contribution >= 4 is 0 Å². The molecule has 0 bridgehead atoms. The predicted octanol–water partition coefficient (Wildman–Crippen LogP) is 0.572. The smallest absolute Gasteiger partial charge is 0 e. The summed E-state index contributed by atoms with van der Waals surface area (Å²) < 4.78 is 0. The Balaban J connectivity index is 0.000000360. The van der Waals surface area contributed by atoms with Gasteiger partial charge < -0.3 is 11.7 Å². The van der Waals surface area contributed by atoms with E-state index in [1.54, 1.807) is 0 Å². The van der Waals surface area contributed by atoms with E-state index in [4.69, 9.17) is 0 Å². The molecule has 0 aromatic heterocycles. The average molecular weight is 268 g/mol. The monoisotopic (exact) mass is 268 g/mol. The van der Waals surface area contributed by atoms with Gasteiger partial charge >= 0.3 is 0 Å². The van der Waals surface area contributed by atoms with Gasteiger partial charge in [-0.15, -0.1) is 0 Å². The Labute approximate surface area is 59.1 Å². The van der Waals surface area contributed by atoms with Gasteiger partial charge in [0, 0.05) is 21.1 Å². The van der Waals surface area contributed by atoms with E-state index < -0.39 is 0 Å². The average Bonchev–Trinajstić information content (AvgIpc) is 1.72. The molecule has 0 aromatic rings. The molecule has 1 aliphatic rings. The van der Waals surface area contributed by atoms with Crippen molar-refractivity contribution in [2.24, 2.45) is 0 Å². The van der Waals surface area contributed by atoms with Crippen LogP contribution in [0.4, 0.5) is 0 Å². The van der Waals surface area contributed by atoms with Crippen molar-refractivity contribution in [2.45, 2.75) is 12.8 Å². The van der Waals surface area contributed by atoms with Crippen LogP contribution in [0.3, 0.4) is 0 Å². The summed E-state index contributed by atoms with van der Waals surface area (Å²) in [6.07, 6.45) is 4.86. The van der Waals surface area contributed by atoms with Gasteiger partial charge in [0.15, 0.2) is 0 Å². The van der Waals surface area contributed by atoms with Crippen molar-refractivity contribution in [3.63, 3.8) is 0 Å². The molecule has 0 aromatic carbocycles. The molecule has 0 amide bonds. The van der Waals surface area contributed by atoms with E-state index in [0.29, 0.717) is 0 Å². The van der Waals surface area contributed by atoms with Crippen LogP contribution in [0, 0.1) is 6.42 Å². The van der Waals surface area contributed by atoms with E-state index in [1.807, 2.05) is 0 Å². The summed E-state index contributed by atoms with van der Waals surface area (Å²) in [5, 5.41) is 3.25. The Morgan fingerprint density at radius 3 is 1.86 bits per heavy atom. The van der Waals surface area contributed by atoms with Crippen molar-refractivity contribution < 1.29 is 21.1 Å². The zero-order valence-corrected chi connectivity index (χ0v) is 7.25. The molecule has 2 heteroatoms. The Bertz CT molecular complexity index is 23.6. The van der Waals surface area contributed by atoms with Crippen LogP contribution in [0.1, 0.15) is 12.8 Å². The van der Waals surface area contributed by atoms with Gasteiger partial charge in [-0.2, -0.15) is 12.8 Å². The Morgan fingerprint density at radius 2 is 1.71 bits per heavy atom. The van der Waals surface area contributed by atoms with E-state index in [-0.39, 0.29) is 21.1 Å². The molecule has 0 saturated carbocycles. The molecule has 0 aliphatic carbocycles. The van der Waals surface area contributed by atoms with Crippen LogP contribution >= 0.6 is 0 Å². The predicted molar refractivity (Wildman–Crippen MR) is 26.4 cm³/mol. The molecule has 42 valence electrons. The SMILES string of the molecule is [CH-]1CCNCC1.[W]. The maximum Gasteiger partial charge on any atom is 0 e. The van der Waals surface area contributed by atoms with Crippen molar-refractivity contribution in [3.05, 3.63) is 6.42 Å². The largest absolute Gasteiger partial charge is 0.326 e. The van der Waals surface area contributed by atoms with Crippen molar-refractivity contribution in [1.29, 1.82) is 0 Å². The molecule has 0 atom stereocenters. The number of rotatable bonds is 0. The summed E-state index contributed by atoms with van der Waals surface area (Å²) >= 11 is 0. The third-order valence-corrected chi connectivity index (χ3v) is 1.05. The molecule has 1 aliphatic heterocycles. The van der Waals surface area contributed by atoms with Crippen molar-refractivity contribution in [1.82, 2.24) is 5.32 Å². The minimum atomic E-state index is 0. The first-order chi connectivity index (χ1) is 3.00. The van der Waals surface area contributed by atoms with Gasteiger partial charge in [-0.25, -0.2) is 0 Å². The summed E-state index contributed by atoms with van der Waals surface area (Å²) in [5.74, 6) is 0. The van der Waals surface area contributed by atoms with Crippen LogP contribution in [0.25, 0.3) is 0 Å². The fourth-order valence-corrected chi connectivity index (χ4v) is 0.678. The Kier molecular flexibility index (Phi) is 5.24. The van der Waals surface area contributed by atoms with Crippen LogP contribution in [0.2, 0.25) is 0 Å². The zero-order valence-electron chi connectivity index (χ0n) is 4.31. The molecule has 1 heterocycles. The van der Waals surface area contributed by atoms with Gasteiger partial charge in [0.05, 0.1) is 0 Å². The molecule has 0 spiro atoms. The van der Waals surface area contributed by atoms with Gasteiger partial charge in [-0.3, -0.25) is 0 Å². The molecule has 1 rings (SSSR count). The third-order valence-electron chi connectivity index (χ3n) is 1.05. The maximum absolute atomic E-state index is 3.25. The molecule has 0 unspecified atom stereocenters. The van der Waals surface area contributed by atoms with Crippen molar-refractivity contribution in [3.8, 4) is 0 Å². The first kappa shape index (κ1) is 7.65. The van der Waals surface area contributed by atoms with Crippen LogP contribution in [-0.4, -0.2) is 13.1 Å². The summed E-state index contributed by atoms with van der Waals surface area (Å²) in [5.41, 5.74) is 0. The first-order valence-corrected chi connectivity index (χ1v) is 2.52. The number of nitrogens with one attached hydrogen (secondary N) is 1. The fourth-order valence-electron chi connectivity index (χ4n) is 0.678. The maximum atomic E-state index is 3.25. The Hall–Kier alpha value is 0.648. The van der Waals surface area contributed by atoms with E-state index in [0.717, 1.165) is 0 Å². The number of hydrogen-bond donors (Lipinski definition) is 1. The minimum absolute atomic E-state index is 0. The normalized spacial score (nSPS) is 20.6. The molecular formula is C5H10NW-.